The minimum absolute atomic E-state index is 0.0626. The number of hydrogen-bond donors (Lipinski definition) is 0. The average Bonchev–Trinajstić information content (AvgIpc) is 3.18. The van der Waals surface area contributed by atoms with Crippen molar-refractivity contribution in [2.24, 2.45) is 0 Å². The van der Waals surface area contributed by atoms with E-state index in [1.165, 1.54) is 6.07 Å². The molecule has 0 fully saturated rings. The van der Waals surface area contributed by atoms with E-state index in [1.54, 1.807) is 0 Å². The highest BCUT2D eigenvalue weighted by Gasteiger charge is 2.33. The molecule has 148 valence electrons. The molecule has 0 spiro atoms. The molecule has 3 aromatic rings. The number of aromatic nitrogens is 1. The highest BCUT2D eigenvalue weighted by atomic mass is 35.5. The molecule has 0 saturated heterocycles. The van der Waals surface area contributed by atoms with Gasteiger partial charge in [-0.3, -0.25) is 0 Å². The van der Waals surface area contributed by atoms with Crippen molar-refractivity contribution < 1.29 is 12.8 Å². The Morgan fingerprint density at radius 1 is 1.25 bits per heavy atom. The van der Waals surface area contributed by atoms with Crippen LogP contribution in [0.3, 0.4) is 0 Å². The summed E-state index contributed by atoms with van der Waals surface area (Å²) < 4.78 is 41.6. The van der Waals surface area contributed by atoms with Gasteiger partial charge in [-0.05, 0) is 67.5 Å². The van der Waals surface area contributed by atoms with Crippen molar-refractivity contribution in [3.8, 4) is 0 Å². The van der Waals surface area contributed by atoms with Crippen molar-refractivity contribution in [1.29, 1.82) is 0 Å². The molecule has 3 nitrogen and oxygen atoms in total. The molecule has 1 aliphatic carbocycles. The van der Waals surface area contributed by atoms with Crippen molar-refractivity contribution in [2.45, 2.75) is 50.0 Å². The number of sulfone groups is 1. The number of nitrogens with zero attached hydrogens (tertiary/aromatic N) is 1. The number of rotatable bonds is 4. The van der Waals surface area contributed by atoms with E-state index in [0.717, 1.165) is 53.8 Å². The minimum atomic E-state index is -3.59. The number of hydrogen-bond acceptors (Lipinski definition) is 2. The van der Waals surface area contributed by atoms with E-state index in [4.69, 9.17) is 11.6 Å². The first-order valence-electron chi connectivity index (χ1n) is 9.54. The van der Waals surface area contributed by atoms with Crippen molar-refractivity contribution in [3.05, 3.63) is 64.1 Å². The van der Waals surface area contributed by atoms with Gasteiger partial charge in [-0.1, -0.05) is 30.7 Å². The van der Waals surface area contributed by atoms with Gasteiger partial charge in [0, 0.05) is 22.4 Å². The van der Waals surface area contributed by atoms with Crippen LogP contribution in [0.4, 0.5) is 4.39 Å². The van der Waals surface area contributed by atoms with Gasteiger partial charge in [0.15, 0.2) is 9.84 Å². The molecule has 6 heteroatoms. The molecular formula is C22H23ClFNO2S. The van der Waals surface area contributed by atoms with Gasteiger partial charge in [0.1, 0.15) is 5.82 Å². The SMILES string of the molecule is CC[C@@H]1CCc2c1n([C@@H](C)c1ccc(Cl)cc1)c1c(S(C)(=O)=O)cc(F)cc21. The van der Waals surface area contributed by atoms with Crippen LogP contribution in [0.5, 0.6) is 0 Å². The first kappa shape index (κ1) is 19.5. The van der Waals surface area contributed by atoms with Crippen LogP contribution >= 0.6 is 11.6 Å². The molecule has 0 aliphatic heterocycles. The smallest absolute Gasteiger partial charge is 0.177 e. The van der Waals surface area contributed by atoms with Gasteiger partial charge in [0.2, 0.25) is 0 Å². The lowest BCUT2D eigenvalue weighted by atomic mass is 10.0. The summed E-state index contributed by atoms with van der Waals surface area (Å²) >= 11 is 6.05. The van der Waals surface area contributed by atoms with E-state index in [-0.39, 0.29) is 10.9 Å². The third kappa shape index (κ3) is 3.05. The predicted octanol–water partition coefficient (Wildman–Crippen LogP) is 5.89. The third-order valence-corrected chi connectivity index (χ3v) is 7.30. The maximum absolute atomic E-state index is 14.4. The number of fused-ring (bicyclic) bond motifs is 3. The first-order chi connectivity index (χ1) is 13.2. The zero-order valence-corrected chi connectivity index (χ0v) is 17.7. The Kier molecular flexibility index (Phi) is 4.79. The van der Waals surface area contributed by atoms with Crippen molar-refractivity contribution >= 4 is 32.3 Å². The second-order valence-electron chi connectivity index (χ2n) is 7.68. The minimum Gasteiger partial charge on any atom is -0.336 e. The van der Waals surface area contributed by atoms with Crippen LogP contribution in [-0.4, -0.2) is 19.2 Å². The van der Waals surface area contributed by atoms with Crippen molar-refractivity contribution in [1.82, 2.24) is 4.57 Å². The number of halogens is 2. The molecule has 0 N–H and O–H groups in total. The maximum Gasteiger partial charge on any atom is 0.177 e. The lowest BCUT2D eigenvalue weighted by Gasteiger charge is -2.23. The second-order valence-corrected chi connectivity index (χ2v) is 10.1. The van der Waals surface area contributed by atoms with E-state index in [9.17, 15) is 12.8 Å². The Bertz CT molecular complexity index is 1170. The molecule has 1 heterocycles. The molecular weight excluding hydrogens is 397 g/mol. The highest BCUT2D eigenvalue weighted by Crippen LogP contribution is 2.46. The van der Waals surface area contributed by atoms with E-state index in [1.807, 2.05) is 24.3 Å². The summed E-state index contributed by atoms with van der Waals surface area (Å²) in [5, 5.41) is 1.39. The summed E-state index contributed by atoms with van der Waals surface area (Å²) in [5.41, 5.74) is 3.90. The number of aryl methyl sites for hydroxylation is 1. The zero-order valence-electron chi connectivity index (χ0n) is 16.2. The molecule has 2 aromatic carbocycles. The van der Waals surface area contributed by atoms with Gasteiger partial charge in [-0.25, -0.2) is 12.8 Å². The van der Waals surface area contributed by atoms with Crippen molar-refractivity contribution in [2.75, 3.05) is 6.26 Å². The third-order valence-electron chi connectivity index (χ3n) is 5.94. The van der Waals surface area contributed by atoms with Crippen LogP contribution in [0.25, 0.3) is 10.9 Å². The summed E-state index contributed by atoms with van der Waals surface area (Å²) in [5.74, 6) is -0.167. The fraction of sp³-hybridized carbons (Fsp3) is 0.364. The molecule has 28 heavy (non-hydrogen) atoms. The standard InChI is InChI=1S/C22H23ClFNO2S/c1-4-14-7-10-18-19-11-17(24)12-20(28(3,26)27)22(19)25(21(14)18)13(2)15-5-8-16(23)9-6-15/h5-6,8-9,11-14H,4,7,10H2,1-3H3/t13-,14+/m0/s1. The normalized spacial score (nSPS) is 17.8. The largest absolute Gasteiger partial charge is 0.336 e. The Balaban J connectivity index is 2.10. The monoisotopic (exact) mass is 419 g/mol. The predicted molar refractivity (Wildman–Crippen MR) is 112 cm³/mol. The Morgan fingerprint density at radius 3 is 2.54 bits per heavy atom. The van der Waals surface area contributed by atoms with Crippen LogP contribution in [-0.2, 0) is 16.3 Å². The van der Waals surface area contributed by atoms with Crippen LogP contribution < -0.4 is 0 Å². The van der Waals surface area contributed by atoms with E-state index in [2.05, 4.69) is 18.4 Å². The first-order valence-corrected chi connectivity index (χ1v) is 11.8. The molecule has 0 bridgehead atoms. The average molecular weight is 420 g/mol. The molecule has 1 aliphatic rings. The van der Waals surface area contributed by atoms with E-state index < -0.39 is 15.7 Å². The zero-order chi connectivity index (χ0) is 20.2. The van der Waals surface area contributed by atoms with Gasteiger partial charge in [-0.2, -0.15) is 0 Å². The lowest BCUT2D eigenvalue weighted by Crippen LogP contribution is -2.14. The summed E-state index contributed by atoms with van der Waals surface area (Å²) in [6.45, 7) is 4.20. The fourth-order valence-corrected chi connectivity index (χ4v) is 5.60. The van der Waals surface area contributed by atoms with Crippen LogP contribution in [0, 0.1) is 5.82 Å². The van der Waals surface area contributed by atoms with Gasteiger partial charge in [0.25, 0.3) is 0 Å². The number of benzene rings is 2. The van der Waals surface area contributed by atoms with Crippen LogP contribution in [0.1, 0.15) is 55.5 Å². The topological polar surface area (TPSA) is 39.1 Å². The molecule has 4 rings (SSSR count). The summed E-state index contributed by atoms with van der Waals surface area (Å²) in [7, 11) is -3.59. The molecule has 0 saturated carbocycles. The van der Waals surface area contributed by atoms with Gasteiger partial charge < -0.3 is 4.57 Å². The quantitative estimate of drug-likeness (QED) is 0.529. The lowest BCUT2D eigenvalue weighted by molar-refractivity contribution is 0.561. The maximum atomic E-state index is 14.4. The summed E-state index contributed by atoms with van der Waals surface area (Å²) in [6.07, 6.45) is 3.97. The van der Waals surface area contributed by atoms with Gasteiger partial charge in [0.05, 0.1) is 16.5 Å². The van der Waals surface area contributed by atoms with Crippen LogP contribution in [0.15, 0.2) is 41.3 Å². The molecule has 0 radical (unpaired) electrons. The Labute approximate surface area is 170 Å². The second kappa shape index (κ2) is 6.89. The molecule has 1 aromatic heterocycles. The summed E-state index contributed by atoms with van der Waals surface area (Å²) in [6, 6.07) is 10.2. The van der Waals surface area contributed by atoms with E-state index in [0.29, 0.717) is 16.5 Å². The van der Waals surface area contributed by atoms with E-state index >= 15 is 0 Å². The Hall–Kier alpha value is -1.85. The highest BCUT2D eigenvalue weighted by molar-refractivity contribution is 7.91. The molecule has 0 unspecified atom stereocenters. The fourth-order valence-electron chi connectivity index (χ4n) is 4.59. The summed E-state index contributed by atoms with van der Waals surface area (Å²) in [4.78, 5) is 0.0626. The van der Waals surface area contributed by atoms with Gasteiger partial charge >= 0.3 is 0 Å². The van der Waals surface area contributed by atoms with Crippen LogP contribution in [0.2, 0.25) is 5.02 Å². The van der Waals surface area contributed by atoms with Gasteiger partial charge in [-0.15, -0.1) is 0 Å². The molecule has 0 amide bonds. The molecule has 2 atom stereocenters. The van der Waals surface area contributed by atoms with Crippen molar-refractivity contribution in [3.63, 3.8) is 0 Å². The Morgan fingerprint density at radius 2 is 1.93 bits per heavy atom.